The normalized spacial score (nSPS) is 18.5. The van der Waals surface area contributed by atoms with Crippen LogP contribution in [0, 0.1) is 17.8 Å². The van der Waals surface area contributed by atoms with E-state index in [9.17, 15) is 88.7 Å². The Hall–Kier alpha value is -6.37. The number of nitrogens with two attached hydrogens (primary N) is 1. The van der Waals surface area contributed by atoms with Gasteiger partial charge >= 0.3 is 36.7 Å². The number of sulfonamides is 3. The van der Waals surface area contributed by atoms with E-state index in [-0.39, 0.29) is 94.0 Å². The molecule has 0 spiro atoms. The minimum atomic E-state index is -4.65. The number of hydrogen-bond donors (Lipinski definition) is 5. The molecule has 23 nitrogen and oxygen atoms in total. The molecule has 6 fully saturated rings. The summed E-state index contributed by atoms with van der Waals surface area (Å²) in [6.07, 6.45) is -5.40. The van der Waals surface area contributed by atoms with Crippen molar-refractivity contribution in [1.29, 1.82) is 0 Å². The smallest absolute Gasteiger partial charge is 0.416 e. The van der Waals surface area contributed by atoms with Crippen LogP contribution in [0.5, 0.6) is 0 Å². The number of alkyl halides is 9. The van der Waals surface area contributed by atoms with Gasteiger partial charge in [0.1, 0.15) is 11.2 Å². The first-order chi connectivity index (χ1) is 51.3. The summed E-state index contributed by atoms with van der Waals surface area (Å²) < 4.78 is 212. The summed E-state index contributed by atoms with van der Waals surface area (Å²) in [5.74, 6) is -0.154. The summed E-state index contributed by atoms with van der Waals surface area (Å²) in [6.45, 7) is 25.6. The van der Waals surface area contributed by atoms with Crippen molar-refractivity contribution in [2.75, 3.05) is 39.3 Å². The van der Waals surface area contributed by atoms with E-state index < -0.39 is 107 Å². The monoisotopic (exact) mass is 1640 g/mol. The maximum atomic E-state index is 13.5. The molecule has 3 saturated heterocycles. The number of benzene rings is 3. The van der Waals surface area contributed by atoms with E-state index in [0.717, 1.165) is 74.8 Å². The fourth-order valence-electron chi connectivity index (χ4n) is 13.8. The third kappa shape index (κ3) is 30.1. The third-order valence-electron chi connectivity index (χ3n) is 19.0. The number of ether oxygens (including phenoxy) is 2. The van der Waals surface area contributed by atoms with Crippen molar-refractivity contribution >= 4 is 60.0 Å². The van der Waals surface area contributed by atoms with Gasteiger partial charge in [-0.25, -0.2) is 34.8 Å². The van der Waals surface area contributed by atoms with E-state index in [1.165, 1.54) is 31.1 Å². The maximum absolute atomic E-state index is 13.5. The van der Waals surface area contributed by atoms with Gasteiger partial charge in [-0.2, -0.15) is 52.4 Å². The summed E-state index contributed by atoms with van der Waals surface area (Å²) >= 11 is 0. The predicted octanol–water partition coefficient (Wildman–Crippen LogP) is 13.8. The molecule has 4 amide bonds. The zero-order valence-corrected chi connectivity index (χ0v) is 68.0. The Morgan fingerprint density at radius 1 is 0.459 bits per heavy atom. The van der Waals surface area contributed by atoms with E-state index in [4.69, 9.17) is 20.3 Å². The van der Waals surface area contributed by atoms with Crippen LogP contribution >= 0.6 is 0 Å². The number of likely N-dealkylation sites (tertiary alicyclic amines) is 2. The quantitative estimate of drug-likeness (QED) is 0.0467. The minimum Gasteiger partial charge on any atom is -0.481 e. The highest BCUT2D eigenvalue weighted by molar-refractivity contribution is 7.89. The number of halogens is 9. The van der Waals surface area contributed by atoms with Crippen molar-refractivity contribution in [2.24, 2.45) is 23.5 Å². The van der Waals surface area contributed by atoms with Gasteiger partial charge in [-0.1, -0.05) is 59.7 Å². The first-order valence-corrected chi connectivity index (χ1v) is 42.4. The van der Waals surface area contributed by atoms with Crippen molar-refractivity contribution in [3.63, 3.8) is 0 Å². The van der Waals surface area contributed by atoms with E-state index in [1.54, 1.807) is 51.3 Å². The van der Waals surface area contributed by atoms with Crippen LogP contribution in [0.3, 0.4) is 0 Å². The van der Waals surface area contributed by atoms with Crippen molar-refractivity contribution in [3.8, 4) is 0 Å². The standard InChI is InChI=1S/C27H40F3N3O5S.C22H32F3N3O3S.C15H19F3N2O2S.C12H23NO4/c1-18(2)15-20(31-25(35)38-26(3,4)5)17-24(34)32-13-11-22(12-14-32)33(21-9-10-21)39(36,37)23-8-6-7-19(16-23)27(28,29)30;1-15(2)12-17(26)14-21(29)27-10-8-19(9-11-27)28(18-6-7-18)32(30,31)20-5-3-4-16(13-20)22(23,24)25;16-15(17,18)11-2-1-3-14(10-11)23(21,22)20(12-4-5-12)13-6-8-19-9-7-13;1-8(2)6-9(7-10(14)15)13-11(16)17-12(3,4)5/h6-8,16,18,20-22H,9-15,17H2,1-5H3,(H,31,35);3-5,13,15,17-19H,6-12,14,26H2,1-2H3;1-3,10,12-13,19H,4-9H2;8-9H,6-7H2,1-5H3,(H,13,16)(H,14,15)/t20-;17-;;9-/m00.0/s1. The Bertz CT molecular complexity index is 3920. The number of piperidine rings is 3. The van der Waals surface area contributed by atoms with Gasteiger partial charge in [-0.15, -0.1) is 0 Å². The number of carbonyl (C=O) groups excluding carboxylic acids is 4. The lowest BCUT2D eigenvalue weighted by atomic mass is 9.99. The number of aliphatic carboxylic acids is 1. The lowest BCUT2D eigenvalue weighted by molar-refractivity contribution is -0.138. The summed E-state index contributed by atoms with van der Waals surface area (Å²) in [6, 6.07) is 9.43. The van der Waals surface area contributed by atoms with E-state index in [1.807, 2.05) is 41.5 Å². The van der Waals surface area contributed by atoms with Crippen LogP contribution in [-0.4, -0.2) is 188 Å². The number of carbonyl (C=O) groups is 5. The Balaban J connectivity index is 0.000000241. The number of alkyl carbamates (subject to hydrolysis) is 2. The largest absolute Gasteiger partial charge is 0.481 e. The van der Waals surface area contributed by atoms with Crippen LogP contribution in [0.15, 0.2) is 87.5 Å². The fraction of sp³-hybridized carbons (Fsp3) is 0.697. The van der Waals surface area contributed by atoms with Gasteiger partial charge in [0, 0.05) is 93.4 Å². The molecule has 6 N–H and O–H groups in total. The molecule has 0 unspecified atom stereocenters. The van der Waals surface area contributed by atoms with Gasteiger partial charge in [-0.05, 0) is 223 Å². The molecule has 35 heteroatoms. The zero-order chi connectivity index (χ0) is 83.2. The number of hydrogen-bond acceptors (Lipinski definition) is 15. The third-order valence-corrected chi connectivity index (χ3v) is 25.0. The molecule has 3 atom stereocenters. The molecule has 3 aliphatic heterocycles. The highest BCUT2D eigenvalue weighted by Crippen LogP contribution is 2.42. The lowest BCUT2D eigenvalue weighted by Crippen LogP contribution is -2.50. The molecule has 628 valence electrons. The number of nitrogens with one attached hydrogen (secondary N) is 3. The SMILES string of the molecule is CC(C)C[C@@H](CC(=O)N1CCC(N(C2CC2)S(=O)(=O)c2cccc(C(F)(F)F)c2)CC1)NC(=O)OC(C)(C)C.CC(C)C[C@@H](CC(=O)O)NC(=O)OC(C)(C)C.CC(C)C[C@H](N)CC(=O)N1CCC(N(C2CC2)S(=O)(=O)c2cccc(C(F)(F)F)c2)CC1.O=S(=O)(c1cccc(C(F)(F)F)c1)N(C1CCNCC1)C1CC1. The Kier molecular flexibility index (Phi) is 33.1. The molecule has 6 aliphatic rings. The maximum Gasteiger partial charge on any atom is 0.416 e. The summed E-state index contributed by atoms with van der Waals surface area (Å²) in [7, 11) is -12.1. The van der Waals surface area contributed by atoms with Gasteiger partial charge in [-0.3, -0.25) is 14.4 Å². The summed E-state index contributed by atoms with van der Waals surface area (Å²) in [4.78, 5) is 62.6. The second kappa shape index (κ2) is 39.3. The van der Waals surface area contributed by atoms with Crippen molar-refractivity contribution in [2.45, 2.75) is 297 Å². The van der Waals surface area contributed by atoms with E-state index in [2.05, 4.69) is 16.0 Å². The average molecular weight is 1640 g/mol. The predicted molar refractivity (Wildman–Crippen MR) is 400 cm³/mol. The van der Waals surface area contributed by atoms with Crippen LogP contribution in [0.2, 0.25) is 0 Å². The number of rotatable bonds is 26. The van der Waals surface area contributed by atoms with Crippen LogP contribution in [0.1, 0.15) is 215 Å². The molecule has 3 aromatic carbocycles. The summed E-state index contributed by atoms with van der Waals surface area (Å²) in [5.41, 5.74) is 1.90. The molecule has 9 rings (SSSR count). The molecule has 0 aromatic heterocycles. The zero-order valence-electron chi connectivity index (χ0n) is 65.5. The first kappa shape index (κ1) is 93.5. The highest BCUT2D eigenvalue weighted by Gasteiger charge is 2.48. The average Bonchev–Trinajstić information content (AvgIpc) is 1.73. The highest BCUT2D eigenvalue weighted by atomic mass is 32.2. The van der Waals surface area contributed by atoms with Gasteiger partial charge in [0.05, 0.1) is 37.8 Å². The second-order valence-corrected chi connectivity index (χ2v) is 38.4. The number of carboxylic acids is 1. The second-order valence-electron chi connectivity index (χ2n) is 32.8. The molecular weight excluding hydrogens is 1530 g/mol. The van der Waals surface area contributed by atoms with Crippen LogP contribution < -0.4 is 21.7 Å². The topological polar surface area (TPSA) is 305 Å². The fourth-order valence-corrected chi connectivity index (χ4v) is 19.7. The van der Waals surface area contributed by atoms with Gasteiger partial charge < -0.3 is 46.1 Å². The van der Waals surface area contributed by atoms with Gasteiger partial charge in [0.15, 0.2) is 0 Å². The first-order valence-electron chi connectivity index (χ1n) is 38.1. The van der Waals surface area contributed by atoms with Crippen LogP contribution in [-0.2, 0) is 72.5 Å². The van der Waals surface area contributed by atoms with Crippen LogP contribution in [0.4, 0.5) is 49.1 Å². The van der Waals surface area contributed by atoms with E-state index in [0.29, 0.717) is 127 Å². The molecule has 3 aliphatic carbocycles. The summed E-state index contributed by atoms with van der Waals surface area (Å²) in [5, 5.41) is 17.3. The molecule has 111 heavy (non-hydrogen) atoms. The minimum absolute atomic E-state index is 0.0321. The lowest BCUT2D eigenvalue weighted by Gasteiger charge is -2.38. The Morgan fingerprint density at radius 2 is 0.739 bits per heavy atom. The number of nitrogens with zero attached hydrogens (tertiary/aromatic N) is 5. The molecule has 3 aromatic rings. The molecule has 0 bridgehead atoms. The molecule has 3 saturated carbocycles. The van der Waals surface area contributed by atoms with Crippen molar-refractivity contribution in [1.82, 2.24) is 38.7 Å². The molecule has 3 heterocycles. The number of amides is 4. The van der Waals surface area contributed by atoms with Gasteiger partial charge in [0.25, 0.3) is 0 Å². The van der Waals surface area contributed by atoms with Crippen molar-refractivity contribution in [3.05, 3.63) is 89.5 Å². The number of carboxylic acid groups (broad SMARTS) is 1. The van der Waals surface area contributed by atoms with Crippen molar-refractivity contribution < 1.29 is 103 Å². The van der Waals surface area contributed by atoms with Gasteiger partial charge in [0.2, 0.25) is 41.9 Å². The van der Waals surface area contributed by atoms with E-state index >= 15 is 0 Å². The Labute approximate surface area is 648 Å². The molecule has 0 radical (unpaired) electrons. The molecular formula is C76H114F9N9O14S3. The Morgan fingerprint density at radius 3 is 1.01 bits per heavy atom. The van der Waals surface area contributed by atoms with Crippen LogP contribution in [0.25, 0.3) is 0 Å².